The number of likely N-dealkylation sites (tertiary alicyclic amines) is 1. The standard InChI is InChI=1S/C34H38Cl2N4O4/c1-44-34(22-31(37)41)25(17-20-39-18-5-2-6-19-39)12-9-24-21-26(35)13-16-30(24)40(34)33(43)23-10-14-27(15-11-23)38-32(42)28-7-3-4-8-29(28)36/h3-4,7-8,10-11,13-16,21,25H,2,5-6,9,12,17-20,22H2,1H3,(H2,37,41)(H,38,42). The van der Waals surface area contributed by atoms with Gasteiger partial charge in [-0.3, -0.25) is 19.3 Å². The Hall–Kier alpha value is -3.43. The quantitative estimate of drug-likeness (QED) is 0.277. The summed E-state index contributed by atoms with van der Waals surface area (Å²) < 4.78 is 6.28. The lowest BCUT2D eigenvalue weighted by atomic mass is 9.84. The fourth-order valence-electron chi connectivity index (χ4n) is 6.56. The number of hydrogen-bond acceptors (Lipinski definition) is 5. The van der Waals surface area contributed by atoms with E-state index in [1.165, 1.54) is 19.3 Å². The number of methoxy groups -OCH3 is 1. The zero-order valence-electron chi connectivity index (χ0n) is 24.9. The minimum atomic E-state index is -1.31. The van der Waals surface area contributed by atoms with Crippen molar-refractivity contribution in [1.82, 2.24) is 4.90 Å². The van der Waals surface area contributed by atoms with Gasteiger partial charge in [0.15, 0.2) is 5.72 Å². The molecule has 8 nitrogen and oxygen atoms in total. The predicted molar refractivity (Wildman–Crippen MR) is 174 cm³/mol. The number of benzene rings is 3. The zero-order chi connectivity index (χ0) is 31.3. The average Bonchev–Trinajstić information content (AvgIpc) is 3.14. The molecule has 3 aromatic carbocycles. The topological polar surface area (TPSA) is 105 Å². The van der Waals surface area contributed by atoms with E-state index in [1.54, 1.807) is 66.6 Å². The van der Waals surface area contributed by atoms with Crippen LogP contribution in [0, 0.1) is 5.92 Å². The molecule has 44 heavy (non-hydrogen) atoms. The van der Waals surface area contributed by atoms with Gasteiger partial charge in [-0.25, -0.2) is 0 Å². The lowest BCUT2D eigenvalue weighted by Crippen LogP contribution is -2.60. The monoisotopic (exact) mass is 636 g/mol. The highest BCUT2D eigenvalue weighted by atomic mass is 35.5. The molecule has 0 aliphatic carbocycles. The Morgan fingerprint density at radius 2 is 1.73 bits per heavy atom. The molecule has 2 heterocycles. The SMILES string of the molecule is COC1(CC(N)=O)C(CCN2CCCCC2)CCc2cc(Cl)ccc2N1C(=O)c1ccc(NC(=O)c2ccccc2Cl)cc1. The van der Waals surface area contributed by atoms with Crippen molar-refractivity contribution in [3.8, 4) is 0 Å². The van der Waals surface area contributed by atoms with Gasteiger partial charge in [0.25, 0.3) is 11.8 Å². The number of carbonyl (C=O) groups is 3. The van der Waals surface area contributed by atoms with Crippen molar-refractivity contribution in [3.05, 3.63) is 93.5 Å². The van der Waals surface area contributed by atoms with Crippen LogP contribution in [0.4, 0.5) is 11.4 Å². The summed E-state index contributed by atoms with van der Waals surface area (Å²) in [5.41, 5.74) is 7.32. The number of amides is 3. The van der Waals surface area contributed by atoms with Crippen LogP contribution in [0.15, 0.2) is 66.7 Å². The molecule has 232 valence electrons. The van der Waals surface area contributed by atoms with Gasteiger partial charge in [0.05, 0.1) is 22.7 Å². The van der Waals surface area contributed by atoms with Crippen molar-refractivity contribution in [2.75, 3.05) is 37.0 Å². The highest BCUT2D eigenvalue weighted by Crippen LogP contribution is 2.45. The van der Waals surface area contributed by atoms with Crippen LogP contribution in [-0.2, 0) is 16.0 Å². The van der Waals surface area contributed by atoms with E-state index in [0.717, 1.165) is 31.6 Å². The molecule has 0 saturated carbocycles. The second-order valence-corrected chi connectivity index (χ2v) is 12.4. The lowest BCUT2D eigenvalue weighted by Gasteiger charge is -2.46. The Labute approximate surface area is 268 Å². The van der Waals surface area contributed by atoms with E-state index in [1.807, 2.05) is 12.1 Å². The highest BCUT2D eigenvalue weighted by molar-refractivity contribution is 6.34. The molecule has 3 aromatic rings. The number of carbonyl (C=O) groups excluding carboxylic acids is 3. The maximum absolute atomic E-state index is 14.6. The van der Waals surface area contributed by atoms with E-state index < -0.39 is 11.6 Å². The smallest absolute Gasteiger partial charge is 0.260 e. The first-order valence-electron chi connectivity index (χ1n) is 15.1. The van der Waals surface area contributed by atoms with Gasteiger partial charge in [-0.05, 0) is 112 Å². The molecular formula is C34H38Cl2N4O4. The van der Waals surface area contributed by atoms with E-state index >= 15 is 0 Å². The molecule has 1 saturated heterocycles. The number of primary amides is 1. The molecule has 3 amide bonds. The number of nitrogens with one attached hydrogen (secondary N) is 1. The molecule has 0 spiro atoms. The van der Waals surface area contributed by atoms with E-state index in [2.05, 4.69) is 10.2 Å². The second kappa shape index (κ2) is 14.1. The van der Waals surface area contributed by atoms with Crippen molar-refractivity contribution in [1.29, 1.82) is 0 Å². The highest BCUT2D eigenvalue weighted by Gasteiger charge is 2.50. The van der Waals surface area contributed by atoms with Crippen molar-refractivity contribution in [2.24, 2.45) is 11.7 Å². The third-order valence-electron chi connectivity index (χ3n) is 8.80. The van der Waals surface area contributed by atoms with Gasteiger partial charge >= 0.3 is 0 Å². The molecule has 0 bridgehead atoms. The van der Waals surface area contributed by atoms with Crippen LogP contribution in [0.1, 0.15) is 64.8 Å². The molecule has 2 atom stereocenters. The number of anilines is 2. The Bertz CT molecular complexity index is 1510. The molecule has 0 aromatic heterocycles. The Balaban J connectivity index is 1.49. The Kier molecular flexibility index (Phi) is 10.3. The van der Waals surface area contributed by atoms with Gasteiger partial charge in [-0.15, -0.1) is 0 Å². The summed E-state index contributed by atoms with van der Waals surface area (Å²) in [6, 6.07) is 18.9. The summed E-state index contributed by atoms with van der Waals surface area (Å²) in [5, 5.41) is 3.74. The van der Waals surface area contributed by atoms with Gasteiger partial charge in [-0.2, -0.15) is 0 Å². The number of aryl methyl sites for hydroxylation is 1. The van der Waals surface area contributed by atoms with Crippen LogP contribution in [0.3, 0.4) is 0 Å². The average molecular weight is 638 g/mol. The first-order valence-corrected chi connectivity index (χ1v) is 15.8. The van der Waals surface area contributed by atoms with Gasteiger partial charge in [0.2, 0.25) is 5.91 Å². The normalized spacial score (nSPS) is 20.4. The molecule has 2 unspecified atom stereocenters. The fourth-order valence-corrected chi connectivity index (χ4v) is 6.98. The summed E-state index contributed by atoms with van der Waals surface area (Å²) in [5.74, 6) is -1.43. The van der Waals surface area contributed by atoms with Crippen LogP contribution in [0.5, 0.6) is 0 Å². The van der Waals surface area contributed by atoms with Crippen molar-refractivity contribution in [3.63, 3.8) is 0 Å². The maximum Gasteiger partial charge on any atom is 0.260 e. The Morgan fingerprint density at radius 1 is 1.00 bits per heavy atom. The predicted octanol–water partition coefficient (Wildman–Crippen LogP) is 6.55. The van der Waals surface area contributed by atoms with Gasteiger partial charge in [-0.1, -0.05) is 41.8 Å². The van der Waals surface area contributed by atoms with Crippen LogP contribution in [0.2, 0.25) is 10.0 Å². The number of fused-ring (bicyclic) bond motifs is 1. The Morgan fingerprint density at radius 3 is 2.41 bits per heavy atom. The fraction of sp³-hybridized carbons (Fsp3) is 0.382. The zero-order valence-corrected chi connectivity index (χ0v) is 26.4. The number of halogens is 2. The summed E-state index contributed by atoms with van der Waals surface area (Å²) in [7, 11) is 1.55. The van der Waals surface area contributed by atoms with Crippen LogP contribution in [-0.4, -0.2) is 55.1 Å². The molecule has 2 aliphatic rings. The summed E-state index contributed by atoms with van der Waals surface area (Å²) in [4.78, 5) is 44.1. The summed E-state index contributed by atoms with van der Waals surface area (Å²) >= 11 is 12.6. The van der Waals surface area contributed by atoms with Crippen molar-refractivity contribution >= 4 is 52.3 Å². The van der Waals surface area contributed by atoms with Gasteiger partial charge < -0.3 is 20.7 Å². The summed E-state index contributed by atoms with van der Waals surface area (Å²) in [6.45, 7) is 2.92. The van der Waals surface area contributed by atoms with Gasteiger partial charge in [0.1, 0.15) is 0 Å². The minimum Gasteiger partial charge on any atom is -0.370 e. The molecule has 2 aliphatic heterocycles. The number of nitrogens with zero attached hydrogens (tertiary/aromatic N) is 2. The minimum absolute atomic E-state index is 0.159. The van der Waals surface area contributed by atoms with Crippen LogP contribution < -0.4 is 16.0 Å². The molecule has 0 radical (unpaired) electrons. The van der Waals surface area contributed by atoms with Crippen LogP contribution in [0.25, 0.3) is 0 Å². The third-order valence-corrected chi connectivity index (χ3v) is 9.36. The number of piperidine rings is 1. The van der Waals surface area contributed by atoms with E-state index in [-0.39, 0.29) is 24.2 Å². The third kappa shape index (κ3) is 6.94. The molecule has 10 heteroatoms. The van der Waals surface area contributed by atoms with E-state index in [4.69, 9.17) is 33.7 Å². The molecular weight excluding hydrogens is 599 g/mol. The second-order valence-electron chi connectivity index (χ2n) is 11.5. The molecule has 1 fully saturated rings. The number of rotatable bonds is 9. The molecule has 5 rings (SSSR count). The van der Waals surface area contributed by atoms with E-state index in [0.29, 0.717) is 45.4 Å². The maximum atomic E-state index is 14.6. The number of hydrogen-bond donors (Lipinski definition) is 2. The summed E-state index contributed by atoms with van der Waals surface area (Å²) in [6.07, 6.45) is 5.52. The van der Waals surface area contributed by atoms with Crippen molar-refractivity contribution in [2.45, 2.75) is 50.7 Å². The van der Waals surface area contributed by atoms with Gasteiger partial charge in [0, 0.05) is 29.3 Å². The number of ether oxygens (including phenoxy) is 1. The van der Waals surface area contributed by atoms with Crippen LogP contribution >= 0.6 is 23.2 Å². The first kappa shape index (κ1) is 32.0. The largest absolute Gasteiger partial charge is 0.370 e. The lowest BCUT2D eigenvalue weighted by molar-refractivity contribution is -0.129. The number of nitrogens with two attached hydrogens (primary N) is 1. The molecule has 3 N–H and O–H groups in total. The van der Waals surface area contributed by atoms with Crippen molar-refractivity contribution < 1.29 is 19.1 Å². The first-order chi connectivity index (χ1) is 21.2. The van der Waals surface area contributed by atoms with E-state index in [9.17, 15) is 14.4 Å².